The molecule has 1 saturated heterocycles. The maximum Gasteiger partial charge on any atom is 0.276 e. The Balaban J connectivity index is 1.19. The quantitative estimate of drug-likeness (QED) is 0.245. The summed E-state index contributed by atoms with van der Waals surface area (Å²) in [5.74, 6) is 0.549. The highest BCUT2D eigenvalue weighted by Gasteiger charge is 2.17. The summed E-state index contributed by atoms with van der Waals surface area (Å²) in [6, 6.07) is 25.7. The summed E-state index contributed by atoms with van der Waals surface area (Å²) in [7, 11) is 0. The van der Waals surface area contributed by atoms with E-state index < -0.39 is 0 Å². The summed E-state index contributed by atoms with van der Waals surface area (Å²) in [6.07, 6.45) is 2.55. The molecule has 1 amide bonds. The topological polar surface area (TPSA) is 63.3 Å². The fourth-order valence-corrected chi connectivity index (χ4v) is 5.33. The molecule has 5 aromatic rings. The Hall–Kier alpha value is -3.87. The van der Waals surface area contributed by atoms with Crippen molar-refractivity contribution in [2.45, 2.75) is 32.9 Å². The molecule has 0 aliphatic carbocycles. The van der Waals surface area contributed by atoms with E-state index >= 15 is 0 Å². The van der Waals surface area contributed by atoms with Crippen molar-refractivity contribution in [3.05, 3.63) is 106 Å². The summed E-state index contributed by atoms with van der Waals surface area (Å²) >= 11 is 6.45. The molecule has 0 unspecified atom stereocenters. The van der Waals surface area contributed by atoms with E-state index in [0.717, 1.165) is 58.9 Å². The Bertz CT molecular complexity index is 1580. The molecule has 2 aromatic heterocycles. The summed E-state index contributed by atoms with van der Waals surface area (Å²) in [5, 5.41) is 9.14. The van der Waals surface area contributed by atoms with Crippen LogP contribution in [-0.4, -0.2) is 33.7 Å². The molecular weight excluding hydrogens is 496 g/mol. The lowest BCUT2D eigenvalue weighted by Crippen LogP contribution is -2.18. The summed E-state index contributed by atoms with van der Waals surface area (Å²) in [5.41, 5.74) is 5.93. The van der Waals surface area contributed by atoms with Gasteiger partial charge in [-0.2, -0.15) is 5.10 Å². The highest BCUT2D eigenvalue weighted by Crippen LogP contribution is 2.32. The lowest BCUT2D eigenvalue weighted by Gasteiger charge is -2.14. The number of likely N-dealkylation sites (tertiary alicyclic amines) is 1. The summed E-state index contributed by atoms with van der Waals surface area (Å²) in [6.45, 7) is 5.65. The van der Waals surface area contributed by atoms with Crippen LogP contribution in [0.5, 0.6) is 0 Å². The number of rotatable bonds is 7. The number of fused-ring (bicyclic) bond motifs is 1. The predicted octanol–water partition coefficient (Wildman–Crippen LogP) is 7.15. The predicted molar refractivity (Wildman–Crippen MR) is 152 cm³/mol. The third-order valence-corrected chi connectivity index (χ3v) is 7.29. The molecule has 38 heavy (non-hydrogen) atoms. The van der Waals surface area contributed by atoms with Gasteiger partial charge in [-0.25, -0.2) is 0 Å². The first-order valence-corrected chi connectivity index (χ1v) is 13.3. The number of nitrogens with one attached hydrogen (secondary N) is 1. The van der Waals surface area contributed by atoms with E-state index in [0.29, 0.717) is 17.3 Å². The Labute approximate surface area is 226 Å². The Morgan fingerprint density at radius 1 is 0.974 bits per heavy atom. The third-order valence-electron chi connectivity index (χ3n) is 7.07. The van der Waals surface area contributed by atoms with Crippen LogP contribution in [0.15, 0.2) is 83.3 Å². The molecule has 1 aliphatic heterocycles. The number of aryl methyl sites for hydroxylation is 1. The highest BCUT2D eigenvalue weighted by molar-refractivity contribution is 6.31. The van der Waals surface area contributed by atoms with Gasteiger partial charge < -0.3 is 9.73 Å². The highest BCUT2D eigenvalue weighted by atomic mass is 35.5. The number of nitrogens with zero attached hydrogens (tertiary/aromatic N) is 3. The minimum atomic E-state index is -0.236. The van der Waals surface area contributed by atoms with Gasteiger partial charge in [-0.05, 0) is 74.8 Å². The first-order chi connectivity index (χ1) is 18.5. The third kappa shape index (κ3) is 5.23. The van der Waals surface area contributed by atoms with Gasteiger partial charge in [0.2, 0.25) is 0 Å². The van der Waals surface area contributed by atoms with Crippen molar-refractivity contribution in [3.63, 3.8) is 0 Å². The van der Waals surface area contributed by atoms with Crippen LogP contribution in [0.1, 0.15) is 40.2 Å². The van der Waals surface area contributed by atoms with Gasteiger partial charge in [0.25, 0.3) is 5.91 Å². The van der Waals surface area contributed by atoms with E-state index in [4.69, 9.17) is 16.0 Å². The van der Waals surface area contributed by atoms with E-state index in [2.05, 4.69) is 27.4 Å². The zero-order valence-corrected chi connectivity index (χ0v) is 22.0. The number of carbonyl (C=O) groups excluding carboxylic acids is 1. The number of furan rings is 1. The van der Waals surface area contributed by atoms with Gasteiger partial charge in [0, 0.05) is 39.5 Å². The van der Waals surface area contributed by atoms with E-state index in [1.807, 2.05) is 72.3 Å². The SMILES string of the molecule is Cc1cc(C(=O)Nc2ccc(CN3CCCC3)cc2)nn1Cc1cc(Cl)cc2cc(-c3ccccc3)oc12. The van der Waals surface area contributed by atoms with E-state index in [9.17, 15) is 4.79 Å². The van der Waals surface area contributed by atoms with Gasteiger partial charge in [0.15, 0.2) is 5.69 Å². The Kier molecular flexibility index (Phi) is 6.75. The van der Waals surface area contributed by atoms with E-state index in [1.54, 1.807) is 6.07 Å². The zero-order chi connectivity index (χ0) is 26.1. The molecule has 0 radical (unpaired) electrons. The van der Waals surface area contributed by atoms with Crippen LogP contribution in [0.4, 0.5) is 5.69 Å². The smallest absolute Gasteiger partial charge is 0.276 e. The Morgan fingerprint density at radius 2 is 1.74 bits per heavy atom. The second-order valence-electron chi connectivity index (χ2n) is 9.92. The molecule has 6 rings (SSSR count). The number of benzene rings is 3. The molecule has 7 heteroatoms. The van der Waals surface area contributed by atoms with Gasteiger partial charge in [0.1, 0.15) is 11.3 Å². The molecule has 1 N–H and O–H groups in total. The maximum absolute atomic E-state index is 13.0. The van der Waals surface area contributed by atoms with Gasteiger partial charge in [-0.15, -0.1) is 0 Å². The summed E-state index contributed by atoms with van der Waals surface area (Å²) in [4.78, 5) is 15.4. The molecule has 0 saturated carbocycles. The molecule has 192 valence electrons. The molecular formula is C31H29ClN4O2. The van der Waals surface area contributed by atoms with Crippen LogP contribution in [0.25, 0.3) is 22.3 Å². The average Bonchev–Trinajstić information content (AvgIpc) is 3.67. The van der Waals surface area contributed by atoms with Crippen molar-refractivity contribution in [1.29, 1.82) is 0 Å². The lowest BCUT2D eigenvalue weighted by atomic mass is 10.1. The lowest BCUT2D eigenvalue weighted by molar-refractivity contribution is 0.102. The van der Waals surface area contributed by atoms with Gasteiger partial charge in [-0.1, -0.05) is 54.1 Å². The van der Waals surface area contributed by atoms with Crippen LogP contribution < -0.4 is 5.32 Å². The normalized spacial score (nSPS) is 13.8. The molecule has 0 atom stereocenters. The second kappa shape index (κ2) is 10.5. The minimum absolute atomic E-state index is 0.236. The first-order valence-electron chi connectivity index (χ1n) is 13.0. The minimum Gasteiger partial charge on any atom is -0.456 e. The van der Waals surface area contributed by atoms with Gasteiger partial charge >= 0.3 is 0 Å². The van der Waals surface area contributed by atoms with Crippen LogP contribution in [-0.2, 0) is 13.1 Å². The molecule has 6 nitrogen and oxygen atoms in total. The van der Waals surface area contributed by atoms with Crippen molar-refractivity contribution < 1.29 is 9.21 Å². The molecule has 1 fully saturated rings. The van der Waals surface area contributed by atoms with Crippen LogP contribution in [0.3, 0.4) is 0 Å². The fraction of sp³-hybridized carbons (Fsp3) is 0.226. The van der Waals surface area contributed by atoms with Crippen LogP contribution in [0.2, 0.25) is 5.02 Å². The van der Waals surface area contributed by atoms with E-state index in [1.165, 1.54) is 18.4 Å². The number of halogens is 1. The average molecular weight is 525 g/mol. The van der Waals surface area contributed by atoms with Crippen LogP contribution >= 0.6 is 11.6 Å². The fourth-order valence-electron chi connectivity index (χ4n) is 5.08. The number of aromatic nitrogens is 2. The van der Waals surface area contributed by atoms with Crippen LogP contribution in [0, 0.1) is 6.92 Å². The Morgan fingerprint density at radius 3 is 2.50 bits per heavy atom. The van der Waals surface area contributed by atoms with Crippen molar-refractivity contribution in [1.82, 2.24) is 14.7 Å². The number of carbonyl (C=O) groups is 1. The molecule has 3 aromatic carbocycles. The van der Waals surface area contributed by atoms with Crippen molar-refractivity contribution in [2.24, 2.45) is 0 Å². The van der Waals surface area contributed by atoms with Gasteiger partial charge in [0.05, 0.1) is 6.54 Å². The molecule has 3 heterocycles. The monoisotopic (exact) mass is 524 g/mol. The number of anilines is 1. The molecule has 0 bridgehead atoms. The molecule has 0 spiro atoms. The first kappa shape index (κ1) is 24.5. The number of hydrogen-bond acceptors (Lipinski definition) is 4. The zero-order valence-electron chi connectivity index (χ0n) is 21.3. The van der Waals surface area contributed by atoms with Crippen molar-refractivity contribution in [3.8, 4) is 11.3 Å². The van der Waals surface area contributed by atoms with E-state index in [-0.39, 0.29) is 5.91 Å². The largest absolute Gasteiger partial charge is 0.456 e. The maximum atomic E-state index is 13.0. The summed E-state index contributed by atoms with van der Waals surface area (Å²) < 4.78 is 8.06. The number of amides is 1. The van der Waals surface area contributed by atoms with Crippen molar-refractivity contribution in [2.75, 3.05) is 18.4 Å². The molecule has 1 aliphatic rings. The van der Waals surface area contributed by atoms with Gasteiger partial charge in [-0.3, -0.25) is 14.4 Å². The second-order valence-corrected chi connectivity index (χ2v) is 10.4. The number of hydrogen-bond donors (Lipinski definition) is 1. The standard InChI is InChI=1S/C31H29ClN4O2/c1-21-15-28(31(37)33-27-11-9-22(10-12-27)19-35-13-5-6-14-35)34-36(21)20-25-17-26(32)16-24-18-29(38-30(24)25)23-7-3-2-4-8-23/h2-4,7-12,15-18H,5-6,13-14,19-20H2,1H3,(H,33,37). The van der Waals surface area contributed by atoms with Crippen molar-refractivity contribution >= 4 is 34.2 Å².